The number of ether oxygens (including phenoxy) is 1. The van der Waals surface area contributed by atoms with Crippen molar-refractivity contribution >= 4 is 58.6 Å². The summed E-state index contributed by atoms with van der Waals surface area (Å²) in [6.45, 7) is 4.11. The predicted octanol–water partition coefficient (Wildman–Crippen LogP) is 5.54. The summed E-state index contributed by atoms with van der Waals surface area (Å²) >= 11 is 6.71. The van der Waals surface area contributed by atoms with Crippen LogP contribution in [0.5, 0.6) is 5.75 Å². The number of fused-ring (bicyclic) bond motifs is 1. The van der Waals surface area contributed by atoms with Gasteiger partial charge in [0.1, 0.15) is 5.75 Å². The molecule has 1 fully saturated rings. The number of nitrogens with one attached hydrogen (secondary N) is 1. The Bertz CT molecular complexity index is 1460. The fourth-order valence-corrected chi connectivity index (χ4v) is 6.48. The number of carbonyl (C=O) groups excluding carboxylic acids is 1. The molecule has 1 atom stereocenters. The smallest absolute Gasteiger partial charge is 0.298 e. The molecule has 0 radical (unpaired) electrons. The van der Waals surface area contributed by atoms with Crippen molar-refractivity contribution in [1.29, 1.82) is 0 Å². The summed E-state index contributed by atoms with van der Waals surface area (Å²) in [5, 5.41) is 1.23. The van der Waals surface area contributed by atoms with Crippen LogP contribution in [-0.4, -0.2) is 50.5 Å². The number of piperidine rings is 1. The molecular weight excluding hydrogens is 660 g/mol. The highest BCUT2D eigenvalue weighted by Crippen LogP contribution is 2.37. The highest BCUT2D eigenvalue weighted by molar-refractivity contribution is 9.11. The average Bonchev–Trinajstić information content (AvgIpc) is 2.89. The third kappa shape index (κ3) is 6.62. The van der Waals surface area contributed by atoms with E-state index in [1.54, 1.807) is 18.2 Å². The molecule has 0 aromatic heterocycles. The first kappa shape index (κ1) is 29.9. The van der Waals surface area contributed by atoms with Crippen LogP contribution in [0.4, 0.5) is 8.78 Å². The number of hydrogen-bond acceptors (Lipinski definition) is 5. The van der Waals surface area contributed by atoms with E-state index in [0.717, 1.165) is 12.1 Å². The number of carbonyl (C=O) groups is 1. The van der Waals surface area contributed by atoms with E-state index in [9.17, 15) is 13.2 Å². The van der Waals surface area contributed by atoms with Crippen molar-refractivity contribution in [2.45, 2.75) is 55.7 Å². The minimum Gasteiger partial charge on any atom is -0.490 e. The monoisotopic (exact) mass is 687 g/mol. The second-order valence-electron chi connectivity index (χ2n) is 9.77. The van der Waals surface area contributed by atoms with E-state index in [4.69, 9.17) is 10.5 Å². The van der Waals surface area contributed by atoms with E-state index in [1.807, 2.05) is 18.6 Å². The van der Waals surface area contributed by atoms with Gasteiger partial charge in [0.25, 0.3) is 5.92 Å². The molecule has 210 valence electrons. The third-order valence-electron chi connectivity index (χ3n) is 6.53. The van der Waals surface area contributed by atoms with Gasteiger partial charge in [0.2, 0.25) is 15.9 Å². The zero-order valence-electron chi connectivity index (χ0n) is 21.3. The van der Waals surface area contributed by atoms with Crippen LogP contribution in [0.2, 0.25) is 0 Å². The molecule has 1 saturated heterocycles. The van der Waals surface area contributed by atoms with Gasteiger partial charge in [-0.15, -0.1) is 0 Å². The molecule has 0 aliphatic carbocycles. The van der Waals surface area contributed by atoms with Crippen LogP contribution in [0.3, 0.4) is 0 Å². The molecule has 0 spiro atoms. The van der Waals surface area contributed by atoms with E-state index in [2.05, 4.69) is 31.9 Å². The molecule has 1 aliphatic rings. The van der Waals surface area contributed by atoms with Crippen LogP contribution < -0.4 is 15.2 Å². The normalized spacial score (nSPS) is 16.1. The van der Waals surface area contributed by atoms with Crippen LogP contribution in [0, 0.1) is 0 Å². The van der Waals surface area contributed by atoms with Crippen molar-refractivity contribution in [1.82, 2.24) is 9.62 Å². The first-order valence-corrected chi connectivity index (χ1v) is 15.5. The molecule has 1 amide bonds. The van der Waals surface area contributed by atoms with Crippen LogP contribution in [-0.2, 0) is 20.7 Å². The maximum absolute atomic E-state index is 15.9. The number of alkyl halides is 2. The maximum Gasteiger partial charge on any atom is 0.298 e. The summed E-state index contributed by atoms with van der Waals surface area (Å²) < 4.78 is 67.8. The van der Waals surface area contributed by atoms with Crippen LogP contribution in [0.25, 0.3) is 10.8 Å². The number of amides is 1. The first-order valence-electron chi connectivity index (χ1n) is 12.4. The Hall–Kier alpha value is -2.12. The standard InChI is InChI=1S/C27H29Br2F2N3O4S/c1-16(2)38-23-10-3-17-15-21(8-9-22(17)24(23)29)39(36,37)33-25(26(35)34-13-11-20(32)12-14-34)27(30,31)18-4-6-19(28)7-5-18/h3-10,15-16,20,25,33H,11-14,32H2,1-2H3. The predicted molar refractivity (Wildman–Crippen MR) is 153 cm³/mol. The number of nitrogens with zero attached hydrogens (tertiary/aromatic N) is 1. The lowest BCUT2D eigenvalue weighted by Gasteiger charge is -2.35. The van der Waals surface area contributed by atoms with Crippen molar-refractivity contribution in [3.05, 3.63) is 69.1 Å². The lowest BCUT2D eigenvalue weighted by atomic mass is 9.99. The molecule has 3 aromatic carbocycles. The molecule has 12 heteroatoms. The lowest BCUT2D eigenvalue weighted by Crippen LogP contribution is -2.57. The number of hydrogen-bond donors (Lipinski definition) is 2. The number of nitrogens with two attached hydrogens (primary N) is 1. The van der Waals surface area contributed by atoms with Crippen molar-refractivity contribution in [2.75, 3.05) is 13.1 Å². The van der Waals surface area contributed by atoms with Gasteiger partial charge in [0, 0.05) is 29.2 Å². The number of benzene rings is 3. The minimum atomic E-state index is -4.54. The SMILES string of the molecule is CC(C)Oc1ccc2cc(S(=O)(=O)NC(C(=O)N3CCC(N)CC3)C(F)(F)c3ccc(Br)cc3)ccc2c1Br. The summed E-state index contributed by atoms with van der Waals surface area (Å²) in [5.74, 6) is -4.25. The van der Waals surface area contributed by atoms with Gasteiger partial charge >= 0.3 is 0 Å². The van der Waals surface area contributed by atoms with E-state index in [-0.39, 0.29) is 30.1 Å². The number of halogens is 4. The zero-order chi connectivity index (χ0) is 28.5. The Labute approximate surface area is 243 Å². The fraction of sp³-hybridized carbons (Fsp3) is 0.370. The summed E-state index contributed by atoms with van der Waals surface area (Å²) in [6, 6.07) is 10.3. The molecule has 0 bridgehead atoms. The van der Waals surface area contributed by atoms with Gasteiger partial charge in [0.05, 0.1) is 15.5 Å². The summed E-state index contributed by atoms with van der Waals surface area (Å²) in [6.07, 6.45) is 0.814. The highest BCUT2D eigenvalue weighted by Gasteiger charge is 2.50. The van der Waals surface area contributed by atoms with E-state index >= 15 is 8.78 Å². The first-order chi connectivity index (χ1) is 18.3. The fourth-order valence-electron chi connectivity index (χ4n) is 4.41. The van der Waals surface area contributed by atoms with Crippen molar-refractivity contribution in [3.8, 4) is 5.75 Å². The number of sulfonamides is 1. The minimum absolute atomic E-state index is 0.0693. The number of likely N-dealkylation sites (tertiary alicyclic amines) is 1. The molecule has 3 aromatic rings. The molecular formula is C27H29Br2F2N3O4S. The quantitative estimate of drug-likeness (QED) is 0.324. The van der Waals surface area contributed by atoms with Crippen LogP contribution in [0.15, 0.2) is 68.4 Å². The number of rotatable bonds is 8. The van der Waals surface area contributed by atoms with Crippen LogP contribution in [0.1, 0.15) is 32.3 Å². The summed E-state index contributed by atoms with van der Waals surface area (Å²) in [5.41, 5.74) is 5.43. The molecule has 1 unspecified atom stereocenters. The summed E-state index contributed by atoms with van der Waals surface area (Å²) in [7, 11) is -4.54. The molecule has 1 heterocycles. The zero-order valence-corrected chi connectivity index (χ0v) is 25.3. The van der Waals surface area contributed by atoms with E-state index in [0.29, 0.717) is 38.3 Å². The third-order valence-corrected chi connectivity index (χ3v) is 9.29. The molecule has 1 aliphatic heterocycles. The molecule has 3 N–H and O–H groups in total. The Kier molecular flexibility index (Phi) is 9.02. The Morgan fingerprint density at radius 2 is 1.72 bits per heavy atom. The van der Waals surface area contributed by atoms with Crippen molar-refractivity contribution in [2.24, 2.45) is 5.73 Å². The Balaban J connectivity index is 1.71. The van der Waals surface area contributed by atoms with Crippen molar-refractivity contribution < 1.29 is 26.7 Å². The Morgan fingerprint density at radius 3 is 2.33 bits per heavy atom. The maximum atomic E-state index is 15.9. The van der Waals surface area contributed by atoms with Gasteiger partial charge in [-0.3, -0.25) is 4.79 Å². The van der Waals surface area contributed by atoms with E-state index in [1.165, 1.54) is 29.2 Å². The van der Waals surface area contributed by atoms with E-state index < -0.39 is 33.5 Å². The van der Waals surface area contributed by atoms with Gasteiger partial charge in [-0.1, -0.05) is 40.2 Å². The largest absolute Gasteiger partial charge is 0.490 e. The lowest BCUT2D eigenvalue weighted by molar-refractivity contribution is -0.145. The molecule has 7 nitrogen and oxygen atoms in total. The van der Waals surface area contributed by atoms with Crippen LogP contribution >= 0.6 is 31.9 Å². The van der Waals surface area contributed by atoms with Gasteiger partial charge in [-0.25, -0.2) is 8.42 Å². The Morgan fingerprint density at radius 1 is 1.08 bits per heavy atom. The topological polar surface area (TPSA) is 102 Å². The van der Waals surface area contributed by atoms with Gasteiger partial charge in [-0.05, 0) is 83.7 Å². The highest BCUT2D eigenvalue weighted by atomic mass is 79.9. The second-order valence-corrected chi connectivity index (χ2v) is 13.2. The summed E-state index contributed by atoms with van der Waals surface area (Å²) in [4.78, 5) is 14.4. The average molecular weight is 689 g/mol. The van der Waals surface area contributed by atoms with Crippen molar-refractivity contribution in [3.63, 3.8) is 0 Å². The molecule has 4 rings (SSSR count). The second kappa shape index (κ2) is 11.8. The molecule has 0 saturated carbocycles. The van der Waals surface area contributed by atoms with Gasteiger partial charge < -0.3 is 15.4 Å². The molecule has 39 heavy (non-hydrogen) atoms. The van der Waals surface area contributed by atoms with Gasteiger partial charge in [-0.2, -0.15) is 13.5 Å². The van der Waals surface area contributed by atoms with Gasteiger partial charge in [0.15, 0.2) is 6.04 Å².